The number of nitrogens with one attached hydrogen (secondary N) is 1. The number of anilines is 1. The SMILES string of the molecule is Cc1ccc(CNC(=O)c2ccc3c(c2)C[C@H](C)N3S(C)(=O)=O)cc1F. The molecule has 0 bridgehead atoms. The van der Waals surface area contributed by atoms with Gasteiger partial charge < -0.3 is 5.32 Å². The van der Waals surface area contributed by atoms with Crippen molar-refractivity contribution in [2.45, 2.75) is 32.9 Å². The summed E-state index contributed by atoms with van der Waals surface area (Å²) in [5.74, 6) is -0.580. The zero-order valence-corrected chi connectivity index (χ0v) is 15.7. The average molecular weight is 376 g/mol. The Labute approximate surface area is 152 Å². The highest BCUT2D eigenvalue weighted by Crippen LogP contribution is 2.34. The number of rotatable bonds is 4. The van der Waals surface area contributed by atoms with Gasteiger partial charge in [0.15, 0.2) is 0 Å². The number of carbonyl (C=O) groups is 1. The third-order valence-corrected chi connectivity index (χ3v) is 5.81. The molecule has 0 aliphatic carbocycles. The van der Waals surface area contributed by atoms with Crippen molar-refractivity contribution in [3.8, 4) is 0 Å². The highest BCUT2D eigenvalue weighted by Gasteiger charge is 2.32. The molecule has 1 amide bonds. The largest absolute Gasteiger partial charge is 0.348 e. The number of hydrogen-bond donors (Lipinski definition) is 1. The van der Waals surface area contributed by atoms with Crippen LogP contribution < -0.4 is 9.62 Å². The van der Waals surface area contributed by atoms with E-state index in [2.05, 4.69) is 5.32 Å². The number of benzene rings is 2. The molecule has 0 aromatic heterocycles. The normalized spacial score (nSPS) is 16.5. The van der Waals surface area contributed by atoms with Crippen LogP contribution in [0.25, 0.3) is 0 Å². The van der Waals surface area contributed by atoms with E-state index in [4.69, 9.17) is 0 Å². The van der Waals surface area contributed by atoms with Crippen molar-refractivity contribution >= 4 is 21.6 Å². The van der Waals surface area contributed by atoms with Crippen molar-refractivity contribution in [3.63, 3.8) is 0 Å². The summed E-state index contributed by atoms with van der Waals surface area (Å²) in [5, 5.41) is 2.77. The smallest absolute Gasteiger partial charge is 0.251 e. The van der Waals surface area contributed by atoms with E-state index in [0.717, 1.165) is 5.56 Å². The van der Waals surface area contributed by atoms with E-state index in [1.165, 1.54) is 16.6 Å². The van der Waals surface area contributed by atoms with Crippen molar-refractivity contribution in [1.82, 2.24) is 5.32 Å². The Hall–Kier alpha value is -2.41. The molecule has 0 saturated heterocycles. The molecule has 3 rings (SSSR count). The Kier molecular flexibility index (Phi) is 4.75. The zero-order chi connectivity index (χ0) is 19.1. The maximum atomic E-state index is 13.6. The Bertz CT molecular complexity index is 973. The Morgan fingerprint density at radius 1 is 1.27 bits per heavy atom. The van der Waals surface area contributed by atoms with Crippen LogP contribution in [-0.4, -0.2) is 26.6 Å². The maximum absolute atomic E-state index is 13.6. The molecular formula is C19H21FN2O3S. The van der Waals surface area contributed by atoms with E-state index in [-0.39, 0.29) is 24.3 Å². The quantitative estimate of drug-likeness (QED) is 0.892. The first-order valence-corrected chi connectivity index (χ1v) is 10.2. The van der Waals surface area contributed by atoms with Crippen molar-refractivity contribution in [2.75, 3.05) is 10.6 Å². The van der Waals surface area contributed by atoms with Crippen LogP contribution in [0, 0.1) is 12.7 Å². The fraction of sp³-hybridized carbons (Fsp3) is 0.316. The lowest BCUT2D eigenvalue weighted by molar-refractivity contribution is 0.0950. The van der Waals surface area contributed by atoms with Gasteiger partial charge in [-0.3, -0.25) is 9.10 Å². The van der Waals surface area contributed by atoms with Gasteiger partial charge in [0.2, 0.25) is 10.0 Å². The number of hydrogen-bond acceptors (Lipinski definition) is 3. The first kappa shape index (κ1) is 18.4. The van der Waals surface area contributed by atoms with Crippen LogP contribution >= 0.6 is 0 Å². The van der Waals surface area contributed by atoms with Crippen LogP contribution in [0.5, 0.6) is 0 Å². The molecule has 138 valence electrons. The number of fused-ring (bicyclic) bond motifs is 1. The monoisotopic (exact) mass is 376 g/mol. The summed E-state index contributed by atoms with van der Waals surface area (Å²) in [6.45, 7) is 3.74. The van der Waals surface area contributed by atoms with Gasteiger partial charge in [-0.15, -0.1) is 0 Å². The highest BCUT2D eigenvalue weighted by molar-refractivity contribution is 7.92. The zero-order valence-electron chi connectivity index (χ0n) is 14.9. The molecule has 0 fully saturated rings. The lowest BCUT2D eigenvalue weighted by Gasteiger charge is -2.21. The summed E-state index contributed by atoms with van der Waals surface area (Å²) < 4.78 is 38.9. The van der Waals surface area contributed by atoms with Gasteiger partial charge in [-0.25, -0.2) is 12.8 Å². The minimum Gasteiger partial charge on any atom is -0.348 e. The molecule has 1 aliphatic rings. The first-order valence-electron chi connectivity index (χ1n) is 8.32. The molecule has 2 aromatic carbocycles. The molecule has 0 unspecified atom stereocenters. The second-order valence-corrected chi connectivity index (χ2v) is 8.58. The molecule has 1 heterocycles. The lowest BCUT2D eigenvalue weighted by atomic mass is 10.1. The number of nitrogens with zero attached hydrogens (tertiary/aromatic N) is 1. The topological polar surface area (TPSA) is 66.5 Å². The van der Waals surface area contributed by atoms with Gasteiger partial charge in [0, 0.05) is 18.2 Å². The number of sulfonamides is 1. The number of carbonyl (C=O) groups excluding carboxylic acids is 1. The van der Waals surface area contributed by atoms with Crippen LogP contribution in [0.4, 0.5) is 10.1 Å². The van der Waals surface area contributed by atoms with Crippen LogP contribution in [0.15, 0.2) is 36.4 Å². The van der Waals surface area contributed by atoms with Crippen molar-refractivity contribution in [3.05, 3.63) is 64.5 Å². The summed E-state index contributed by atoms with van der Waals surface area (Å²) in [6.07, 6.45) is 1.74. The number of aryl methyl sites for hydroxylation is 1. The number of amides is 1. The van der Waals surface area contributed by atoms with Gasteiger partial charge in [0.05, 0.1) is 11.9 Å². The summed E-state index contributed by atoms with van der Waals surface area (Å²) in [4.78, 5) is 12.4. The molecule has 0 spiro atoms. The van der Waals surface area contributed by atoms with Gasteiger partial charge >= 0.3 is 0 Å². The maximum Gasteiger partial charge on any atom is 0.251 e. The summed E-state index contributed by atoms with van der Waals surface area (Å²) >= 11 is 0. The fourth-order valence-corrected chi connectivity index (χ4v) is 4.54. The molecule has 1 aliphatic heterocycles. The molecule has 0 radical (unpaired) electrons. The Balaban J connectivity index is 1.75. The van der Waals surface area contributed by atoms with Gasteiger partial charge in [-0.2, -0.15) is 0 Å². The van der Waals surface area contributed by atoms with Gasteiger partial charge in [0.25, 0.3) is 5.91 Å². The van der Waals surface area contributed by atoms with E-state index in [0.29, 0.717) is 28.8 Å². The standard InChI is InChI=1S/C19H21FN2O3S/c1-12-4-5-14(9-17(12)20)11-21-19(23)15-6-7-18-16(10-15)8-13(2)22(18)26(3,24)25/h4-7,9-10,13H,8,11H2,1-3H3,(H,21,23)/t13-/m0/s1. The molecule has 5 nitrogen and oxygen atoms in total. The van der Waals surface area contributed by atoms with E-state index in [1.54, 1.807) is 37.3 Å². The summed E-state index contributed by atoms with van der Waals surface area (Å²) in [5.41, 5.74) is 3.15. The molecule has 2 aromatic rings. The van der Waals surface area contributed by atoms with Gasteiger partial charge in [-0.1, -0.05) is 12.1 Å². The van der Waals surface area contributed by atoms with Gasteiger partial charge in [0.1, 0.15) is 5.82 Å². The molecule has 0 saturated carbocycles. The van der Waals surface area contributed by atoms with E-state index < -0.39 is 10.0 Å². The predicted molar refractivity (Wildman–Crippen MR) is 99.2 cm³/mol. The van der Waals surface area contributed by atoms with Crippen molar-refractivity contribution in [1.29, 1.82) is 0 Å². The Morgan fingerprint density at radius 3 is 2.65 bits per heavy atom. The summed E-state index contributed by atoms with van der Waals surface area (Å²) in [6, 6.07) is 9.68. The van der Waals surface area contributed by atoms with E-state index in [9.17, 15) is 17.6 Å². The Morgan fingerprint density at radius 2 is 2.00 bits per heavy atom. The van der Waals surface area contributed by atoms with Crippen LogP contribution in [0.2, 0.25) is 0 Å². The highest BCUT2D eigenvalue weighted by atomic mass is 32.2. The van der Waals surface area contributed by atoms with Crippen LogP contribution in [-0.2, 0) is 23.0 Å². The van der Waals surface area contributed by atoms with Crippen LogP contribution in [0.3, 0.4) is 0 Å². The van der Waals surface area contributed by atoms with E-state index in [1.807, 2.05) is 6.92 Å². The van der Waals surface area contributed by atoms with Crippen LogP contribution in [0.1, 0.15) is 34.0 Å². The minimum atomic E-state index is -3.35. The number of halogens is 1. The predicted octanol–water partition coefficient (Wildman–Crippen LogP) is 2.77. The lowest BCUT2D eigenvalue weighted by Crippen LogP contribution is -2.34. The third-order valence-electron chi connectivity index (χ3n) is 4.54. The minimum absolute atomic E-state index is 0.172. The molecule has 1 atom stereocenters. The molecular weight excluding hydrogens is 355 g/mol. The molecule has 1 N–H and O–H groups in total. The van der Waals surface area contributed by atoms with Crippen molar-refractivity contribution in [2.24, 2.45) is 0 Å². The average Bonchev–Trinajstić information content (AvgIpc) is 2.90. The third kappa shape index (κ3) is 3.58. The van der Waals surface area contributed by atoms with Crippen molar-refractivity contribution < 1.29 is 17.6 Å². The fourth-order valence-electron chi connectivity index (χ4n) is 3.28. The molecule has 26 heavy (non-hydrogen) atoms. The molecule has 7 heteroatoms. The van der Waals surface area contributed by atoms with E-state index >= 15 is 0 Å². The second kappa shape index (κ2) is 6.72. The summed E-state index contributed by atoms with van der Waals surface area (Å²) in [7, 11) is -3.35. The first-order chi connectivity index (χ1) is 12.2. The second-order valence-electron chi connectivity index (χ2n) is 6.72. The van der Waals surface area contributed by atoms with Gasteiger partial charge in [-0.05, 0) is 61.2 Å².